The number of aromatic nitrogens is 1. The highest BCUT2D eigenvalue weighted by molar-refractivity contribution is 6.92. The van der Waals surface area contributed by atoms with Gasteiger partial charge in [0.1, 0.15) is 5.75 Å². The van der Waals surface area contributed by atoms with E-state index >= 15 is 0 Å². The summed E-state index contributed by atoms with van der Waals surface area (Å²) in [5.41, 5.74) is 13.6. The zero-order valence-electron chi connectivity index (χ0n) is 21.5. The average Bonchev–Trinajstić information content (AvgIpc) is 3.53. The minimum Gasteiger partial charge on any atom is -0.453 e. The van der Waals surface area contributed by atoms with Gasteiger partial charge in [0, 0.05) is 38.5 Å². The first kappa shape index (κ1) is 20.7. The number of nitrogens with zero attached hydrogens (tertiary/aromatic N) is 2. The Morgan fingerprint density at radius 3 is 2.12 bits per heavy atom. The maximum absolute atomic E-state index is 6.92. The lowest BCUT2D eigenvalue weighted by Gasteiger charge is -2.35. The molecule has 4 heterocycles. The summed E-state index contributed by atoms with van der Waals surface area (Å²) < 4.78 is 9.49. The molecule has 0 fully saturated rings. The van der Waals surface area contributed by atoms with E-state index < -0.39 is 0 Å². The molecule has 184 valence electrons. The highest BCUT2D eigenvalue weighted by Crippen LogP contribution is 2.52. The summed E-state index contributed by atoms with van der Waals surface area (Å²) in [5, 5.41) is 2.60. The monoisotopic (exact) mass is 508 g/mol. The molecule has 0 saturated heterocycles. The van der Waals surface area contributed by atoms with Crippen molar-refractivity contribution < 1.29 is 4.74 Å². The molecule has 0 aliphatic carbocycles. The van der Waals surface area contributed by atoms with Crippen LogP contribution < -0.4 is 20.6 Å². The molecule has 0 atom stereocenters. The van der Waals surface area contributed by atoms with Crippen molar-refractivity contribution in [2.75, 3.05) is 4.90 Å². The summed E-state index contributed by atoms with van der Waals surface area (Å²) in [6, 6.07) is 45.9. The lowest BCUT2D eigenvalue weighted by atomic mass is 9.50. The van der Waals surface area contributed by atoms with E-state index in [0.29, 0.717) is 0 Å². The molecule has 40 heavy (non-hydrogen) atoms. The van der Waals surface area contributed by atoms with Crippen molar-refractivity contribution in [3.05, 3.63) is 127 Å². The molecule has 0 bridgehead atoms. The number of hydrogen-bond donors (Lipinski definition) is 0. The van der Waals surface area contributed by atoms with E-state index in [2.05, 4.69) is 137 Å². The molecule has 3 aliphatic heterocycles. The molecule has 4 heteroatoms. The van der Waals surface area contributed by atoms with Gasteiger partial charge >= 0.3 is 6.85 Å². The summed E-state index contributed by atoms with van der Waals surface area (Å²) >= 11 is 0. The molecule has 3 aliphatic rings. The Labute approximate surface area is 231 Å². The second-order valence-electron chi connectivity index (χ2n) is 10.9. The molecular weight excluding hydrogens is 487 g/mol. The van der Waals surface area contributed by atoms with Gasteiger partial charge in [-0.3, -0.25) is 0 Å². The Morgan fingerprint density at radius 2 is 1.20 bits per heavy atom. The maximum Gasteiger partial charge on any atom is 0.333 e. The first-order valence-electron chi connectivity index (χ1n) is 13.8. The van der Waals surface area contributed by atoms with E-state index in [4.69, 9.17) is 4.74 Å². The minimum absolute atomic E-state index is 0.0244. The van der Waals surface area contributed by atoms with E-state index in [0.717, 1.165) is 28.6 Å². The SMILES string of the molecule is c1ccc(N2c3ccccc3Oc3c2ccc2c3B3c4c-2cccc4-c2cccc4c5ccccc5n3c24)cc1. The molecule has 0 unspecified atom stereocenters. The van der Waals surface area contributed by atoms with Crippen molar-refractivity contribution in [1.29, 1.82) is 0 Å². The number of fused-ring (bicyclic) bond motifs is 11. The van der Waals surface area contributed by atoms with Gasteiger partial charge in [-0.2, -0.15) is 0 Å². The van der Waals surface area contributed by atoms with Crippen molar-refractivity contribution in [2.24, 2.45) is 0 Å². The number of hydrogen-bond acceptors (Lipinski definition) is 2. The van der Waals surface area contributed by atoms with Crippen LogP contribution in [0.2, 0.25) is 0 Å². The van der Waals surface area contributed by atoms with Gasteiger partial charge in [0.15, 0.2) is 5.75 Å². The van der Waals surface area contributed by atoms with Crippen LogP contribution in [0.15, 0.2) is 127 Å². The van der Waals surface area contributed by atoms with Crippen LogP contribution in [0.25, 0.3) is 44.1 Å². The first-order chi connectivity index (χ1) is 19.9. The third kappa shape index (κ3) is 2.39. The average molecular weight is 508 g/mol. The Morgan fingerprint density at radius 1 is 0.500 bits per heavy atom. The number of anilines is 3. The van der Waals surface area contributed by atoms with Gasteiger partial charge in [0.2, 0.25) is 0 Å². The molecule has 7 aromatic rings. The third-order valence-corrected chi connectivity index (χ3v) is 8.97. The quantitative estimate of drug-likeness (QED) is 0.209. The zero-order valence-corrected chi connectivity index (χ0v) is 21.5. The first-order valence-corrected chi connectivity index (χ1v) is 13.8. The smallest absolute Gasteiger partial charge is 0.333 e. The van der Waals surface area contributed by atoms with E-state index in [-0.39, 0.29) is 6.85 Å². The summed E-state index contributed by atoms with van der Waals surface area (Å²) in [6.07, 6.45) is 0. The highest BCUT2D eigenvalue weighted by Gasteiger charge is 2.45. The fourth-order valence-corrected chi connectivity index (χ4v) is 7.47. The molecule has 3 nitrogen and oxygen atoms in total. The largest absolute Gasteiger partial charge is 0.453 e. The lowest BCUT2D eigenvalue weighted by molar-refractivity contribution is 0.481. The second-order valence-corrected chi connectivity index (χ2v) is 10.9. The molecule has 10 rings (SSSR count). The second kappa shape index (κ2) is 7.25. The molecule has 0 N–H and O–H groups in total. The van der Waals surface area contributed by atoms with E-state index in [1.165, 1.54) is 55.0 Å². The zero-order chi connectivity index (χ0) is 25.9. The van der Waals surface area contributed by atoms with Crippen LogP contribution in [-0.2, 0) is 0 Å². The summed E-state index contributed by atoms with van der Waals surface area (Å²) in [6.45, 7) is 0.0244. The number of rotatable bonds is 1. The lowest BCUT2D eigenvalue weighted by Crippen LogP contribution is -2.48. The van der Waals surface area contributed by atoms with Crippen LogP contribution in [0.1, 0.15) is 0 Å². The normalized spacial score (nSPS) is 13.6. The van der Waals surface area contributed by atoms with Crippen LogP contribution in [0.5, 0.6) is 11.5 Å². The molecule has 6 aromatic carbocycles. The van der Waals surface area contributed by atoms with Crippen LogP contribution in [-0.4, -0.2) is 11.3 Å². The number of para-hydroxylation sites is 5. The van der Waals surface area contributed by atoms with Gasteiger partial charge < -0.3 is 14.1 Å². The van der Waals surface area contributed by atoms with Crippen molar-refractivity contribution in [2.45, 2.75) is 0 Å². The van der Waals surface area contributed by atoms with Crippen LogP contribution in [0.4, 0.5) is 17.1 Å². The molecule has 0 radical (unpaired) electrons. The van der Waals surface area contributed by atoms with E-state index in [1.807, 2.05) is 0 Å². The van der Waals surface area contributed by atoms with Crippen LogP contribution >= 0.6 is 0 Å². The molecule has 1 aromatic heterocycles. The van der Waals surface area contributed by atoms with Crippen molar-refractivity contribution in [3.8, 4) is 33.8 Å². The fraction of sp³-hybridized carbons (Fsp3) is 0. The van der Waals surface area contributed by atoms with Crippen LogP contribution in [0, 0.1) is 0 Å². The predicted molar refractivity (Wildman–Crippen MR) is 165 cm³/mol. The van der Waals surface area contributed by atoms with Gasteiger partial charge in [-0.05, 0) is 58.6 Å². The fourth-order valence-electron chi connectivity index (χ4n) is 7.47. The van der Waals surface area contributed by atoms with Gasteiger partial charge in [-0.15, -0.1) is 0 Å². The number of benzene rings is 6. The number of ether oxygens (including phenoxy) is 1. The molecule has 0 spiro atoms. The molecule has 0 amide bonds. The highest BCUT2D eigenvalue weighted by atomic mass is 16.5. The van der Waals surface area contributed by atoms with Crippen molar-refractivity contribution in [1.82, 2.24) is 4.48 Å². The molecule has 0 saturated carbocycles. The molecular formula is C36H21BN2O. The Kier molecular flexibility index (Phi) is 3.75. The standard InChI is InChI=1S/C36H21BN2O/c1-2-10-22(11-3-1)38-30-18-6-7-19-32(30)40-36-31(38)21-20-26-24-13-8-14-25-28-16-9-15-27-23-12-4-5-17-29(23)39(35(27)28)37(33(24)25)34(26)36/h1-21H. The predicted octanol–water partition coefficient (Wildman–Crippen LogP) is 7.98. The topological polar surface area (TPSA) is 17.4 Å². The van der Waals surface area contributed by atoms with Gasteiger partial charge in [-0.25, -0.2) is 0 Å². The van der Waals surface area contributed by atoms with Crippen molar-refractivity contribution >= 4 is 56.6 Å². The Hall–Kier alpha value is -5.22. The third-order valence-electron chi connectivity index (χ3n) is 8.97. The summed E-state index contributed by atoms with van der Waals surface area (Å²) in [7, 11) is 0. The maximum atomic E-state index is 6.92. The summed E-state index contributed by atoms with van der Waals surface area (Å²) in [4.78, 5) is 2.35. The van der Waals surface area contributed by atoms with Crippen molar-refractivity contribution in [3.63, 3.8) is 0 Å². The van der Waals surface area contributed by atoms with E-state index in [9.17, 15) is 0 Å². The Balaban J connectivity index is 1.35. The van der Waals surface area contributed by atoms with Gasteiger partial charge in [-0.1, -0.05) is 91.0 Å². The Bertz CT molecular complexity index is 2210. The van der Waals surface area contributed by atoms with Gasteiger partial charge in [0.25, 0.3) is 0 Å². The van der Waals surface area contributed by atoms with E-state index in [1.54, 1.807) is 0 Å². The minimum atomic E-state index is 0.0244. The summed E-state index contributed by atoms with van der Waals surface area (Å²) in [5.74, 6) is 1.82. The van der Waals surface area contributed by atoms with Gasteiger partial charge in [0.05, 0.1) is 11.4 Å². The van der Waals surface area contributed by atoms with Crippen LogP contribution in [0.3, 0.4) is 0 Å².